The van der Waals surface area contributed by atoms with Crippen molar-refractivity contribution in [3.63, 3.8) is 0 Å². The summed E-state index contributed by atoms with van der Waals surface area (Å²) in [5, 5.41) is 3.09. The molecule has 0 spiro atoms. The fourth-order valence-corrected chi connectivity index (χ4v) is 3.49. The molecule has 0 aliphatic heterocycles. The van der Waals surface area contributed by atoms with E-state index in [1.807, 2.05) is 81.7 Å². The van der Waals surface area contributed by atoms with E-state index in [9.17, 15) is 4.79 Å². The van der Waals surface area contributed by atoms with Crippen LogP contribution in [0.5, 0.6) is 11.5 Å². The first kappa shape index (κ1) is 21.4. The summed E-state index contributed by atoms with van der Waals surface area (Å²) in [5.74, 6) is 2.01. The second-order valence-corrected chi connectivity index (χ2v) is 7.58. The van der Waals surface area contributed by atoms with Gasteiger partial charge >= 0.3 is 0 Å². The zero-order valence-electron chi connectivity index (χ0n) is 18.4. The van der Waals surface area contributed by atoms with E-state index in [1.54, 1.807) is 13.3 Å². The Bertz CT molecular complexity index is 1030. The van der Waals surface area contributed by atoms with E-state index in [4.69, 9.17) is 9.47 Å². The van der Waals surface area contributed by atoms with Gasteiger partial charge in [-0.3, -0.25) is 4.79 Å². The van der Waals surface area contributed by atoms with Crippen molar-refractivity contribution in [1.29, 1.82) is 0 Å². The molecule has 1 unspecified atom stereocenters. The summed E-state index contributed by atoms with van der Waals surface area (Å²) in [6.07, 6.45) is 1.80. The lowest BCUT2D eigenvalue weighted by molar-refractivity contribution is 0.0939. The molecule has 6 heteroatoms. The number of carbonyl (C=O) groups excluding carboxylic acids is 1. The molecule has 0 saturated carbocycles. The van der Waals surface area contributed by atoms with E-state index < -0.39 is 0 Å². The quantitative estimate of drug-likeness (QED) is 0.612. The molecule has 3 aromatic rings. The van der Waals surface area contributed by atoms with Gasteiger partial charge in [0.15, 0.2) is 11.5 Å². The first-order valence-corrected chi connectivity index (χ1v) is 10.1. The first-order chi connectivity index (χ1) is 14.3. The molecular weight excluding hydrogens is 378 g/mol. The number of aryl methyl sites for hydroxylation is 1. The smallest absolute Gasteiger partial charge is 0.253 e. The van der Waals surface area contributed by atoms with E-state index in [0.717, 1.165) is 22.8 Å². The number of aromatic nitrogens is 2. The highest BCUT2D eigenvalue weighted by Gasteiger charge is 2.20. The van der Waals surface area contributed by atoms with Crippen LogP contribution in [0.3, 0.4) is 0 Å². The molecule has 0 aliphatic carbocycles. The number of rotatable bonds is 7. The van der Waals surface area contributed by atoms with E-state index in [0.29, 0.717) is 17.1 Å². The highest BCUT2D eigenvalue weighted by atomic mass is 16.5. The normalized spacial score (nSPS) is 12.0. The molecule has 1 N–H and O–H groups in total. The molecule has 1 aromatic carbocycles. The third-order valence-electron chi connectivity index (χ3n) is 4.95. The second kappa shape index (κ2) is 9.03. The van der Waals surface area contributed by atoms with Gasteiger partial charge in [0, 0.05) is 17.6 Å². The number of methoxy groups -OCH3 is 1. The Hall–Kier alpha value is -3.28. The molecule has 2 aromatic heterocycles. The van der Waals surface area contributed by atoms with Crippen molar-refractivity contribution in [2.24, 2.45) is 0 Å². The number of nitrogens with zero attached hydrogens (tertiary/aromatic N) is 2. The predicted molar refractivity (Wildman–Crippen MR) is 118 cm³/mol. The van der Waals surface area contributed by atoms with Crippen LogP contribution in [0.4, 0.5) is 0 Å². The van der Waals surface area contributed by atoms with Gasteiger partial charge in [-0.1, -0.05) is 12.1 Å². The number of pyridine rings is 1. The Balaban J connectivity index is 1.81. The molecule has 0 bridgehead atoms. The predicted octanol–water partition coefficient (Wildman–Crippen LogP) is 4.78. The van der Waals surface area contributed by atoms with Gasteiger partial charge in [-0.25, -0.2) is 4.98 Å². The number of hydrogen-bond donors (Lipinski definition) is 1. The Morgan fingerprint density at radius 3 is 2.47 bits per heavy atom. The molecule has 3 rings (SSSR count). The SMILES string of the molecule is COc1cc(C(C)NC(=O)c2cc(C)n(-c3ccccn3)c2C)ccc1OC(C)C. The topological polar surface area (TPSA) is 65.4 Å². The minimum atomic E-state index is -0.197. The van der Waals surface area contributed by atoms with Gasteiger partial charge in [-0.05, 0) is 70.5 Å². The third-order valence-corrected chi connectivity index (χ3v) is 4.95. The van der Waals surface area contributed by atoms with Crippen LogP contribution in [0.25, 0.3) is 5.82 Å². The van der Waals surface area contributed by atoms with Gasteiger partial charge in [0.2, 0.25) is 0 Å². The molecule has 158 valence electrons. The van der Waals surface area contributed by atoms with Crippen LogP contribution in [0.15, 0.2) is 48.7 Å². The fourth-order valence-electron chi connectivity index (χ4n) is 3.49. The van der Waals surface area contributed by atoms with E-state index in [2.05, 4.69) is 10.3 Å². The Kier molecular flexibility index (Phi) is 6.45. The summed E-state index contributed by atoms with van der Waals surface area (Å²) in [6, 6.07) is 13.2. The van der Waals surface area contributed by atoms with Crippen LogP contribution in [0.2, 0.25) is 0 Å². The zero-order valence-corrected chi connectivity index (χ0v) is 18.4. The van der Waals surface area contributed by atoms with Gasteiger partial charge in [0.1, 0.15) is 5.82 Å². The molecule has 1 amide bonds. The number of amides is 1. The summed E-state index contributed by atoms with van der Waals surface area (Å²) in [7, 11) is 1.61. The van der Waals surface area contributed by atoms with Crippen LogP contribution in [-0.2, 0) is 0 Å². The Morgan fingerprint density at radius 1 is 1.07 bits per heavy atom. The van der Waals surface area contributed by atoms with E-state index >= 15 is 0 Å². The maximum atomic E-state index is 13.0. The summed E-state index contributed by atoms with van der Waals surface area (Å²) in [5.41, 5.74) is 3.39. The zero-order chi connectivity index (χ0) is 21.8. The first-order valence-electron chi connectivity index (χ1n) is 10.1. The van der Waals surface area contributed by atoms with Crippen molar-refractivity contribution < 1.29 is 14.3 Å². The van der Waals surface area contributed by atoms with Crippen LogP contribution >= 0.6 is 0 Å². The molecule has 6 nitrogen and oxygen atoms in total. The molecule has 0 saturated heterocycles. The lowest BCUT2D eigenvalue weighted by atomic mass is 10.1. The Labute approximate surface area is 177 Å². The minimum absolute atomic E-state index is 0.0521. The summed E-state index contributed by atoms with van der Waals surface area (Å²) in [4.78, 5) is 17.4. The highest BCUT2D eigenvalue weighted by molar-refractivity contribution is 5.96. The molecular formula is C24H29N3O3. The van der Waals surface area contributed by atoms with Crippen molar-refractivity contribution >= 4 is 5.91 Å². The lowest BCUT2D eigenvalue weighted by Gasteiger charge is -2.18. The van der Waals surface area contributed by atoms with Crippen molar-refractivity contribution in [2.45, 2.75) is 46.8 Å². The number of ether oxygens (including phenoxy) is 2. The Morgan fingerprint density at radius 2 is 1.83 bits per heavy atom. The van der Waals surface area contributed by atoms with Crippen molar-refractivity contribution in [1.82, 2.24) is 14.9 Å². The van der Waals surface area contributed by atoms with Gasteiger partial charge in [-0.15, -0.1) is 0 Å². The maximum Gasteiger partial charge on any atom is 0.253 e. The molecule has 30 heavy (non-hydrogen) atoms. The minimum Gasteiger partial charge on any atom is -0.493 e. The third kappa shape index (κ3) is 4.48. The average molecular weight is 408 g/mol. The number of benzene rings is 1. The van der Waals surface area contributed by atoms with E-state index in [-0.39, 0.29) is 18.1 Å². The van der Waals surface area contributed by atoms with Gasteiger partial charge in [0.25, 0.3) is 5.91 Å². The molecule has 0 aliphatic rings. The van der Waals surface area contributed by atoms with Gasteiger partial charge in [0.05, 0.1) is 24.8 Å². The largest absolute Gasteiger partial charge is 0.493 e. The van der Waals surface area contributed by atoms with E-state index in [1.165, 1.54) is 0 Å². The van der Waals surface area contributed by atoms with Crippen molar-refractivity contribution in [3.8, 4) is 17.3 Å². The van der Waals surface area contributed by atoms with Crippen molar-refractivity contribution in [3.05, 3.63) is 71.2 Å². The number of nitrogens with one attached hydrogen (secondary N) is 1. The number of hydrogen-bond acceptors (Lipinski definition) is 4. The summed E-state index contributed by atoms with van der Waals surface area (Å²) >= 11 is 0. The highest BCUT2D eigenvalue weighted by Crippen LogP contribution is 2.31. The molecule has 0 radical (unpaired) electrons. The lowest BCUT2D eigenvalue weighted by Crippen LogP contribution is -2.27. The van der Waals surface area contributed by atoms with Crippen molar-refractivity contribution in [2.75, 3.05) is 7.11 Å². The van der Waals surface area contributed by atoms with Gasteiger partial charge in [-0.2, -0.15) is 0 Å². The summed E-state index contributed by atoms with van der Waals surface area (Å²) in [6.45, 7) is 9.80. The summed E-state index contributed by atoms with van der Waals surface area (Å²) < 4.78 is 13.2. The monoisotopic (exact) mass is 407 g/mol. The molecule has 2 heterocycles. The fraction of sp³-hybridized carbons (Fsp3) is 0.333. The average Bonchev–Trinajstić information content (AvgIpc) is 3.02. The van der Waals surface area contributed by atoms with Crippen LogP contribution in [0, 0.1) is 13.8 Å². The standard InChI is InChI=1S/C24H29N3O3/c1-15(2)30-21-11-10-19(14-22(21)29-6)17(4)26-24(28)20-13-16(3)27(18(20)5)23-9-7-8-12-25-23/h7-15,17H,1-6H3,(H,26,28). The second-order valence-electron chi connectivity index (χ2n) is 7.58. The maximum absolute atomic E-state index is 13.0. The molecule has 0 fully saturated rings. The van der Waals surface area contributed by atoms with Crippen LogP contribution in [-0.4, -0.2) is 28.7 Å². The van der Waals surface area contributed by atoms with Crippen LogP contribution < -0.4 is 14.8 Å². The van der Waals surface area contributed by atoms with Gasteiger partial charge < -0.3 is 19.4 Å². The molecule has 1 atom stereocenters. The number of carbonyl (C=O) groups is 1. The van der Waals surface area contributed by atoms with Crippen LogP contribution in [0.1, 0.15) is 54.1 Å².